The normalized spacial score (nSPS) is 14.9. The van der Waals surface area contributed by atoms with Crippen molar-refractivity contribution in [2.75, 3.05) is 30.4 Å². The Morgan fingerprint density at radius 2 is 2.00 bits per heavy atom. The van der Waals surface area contributed by atoms with Gasteiger partial charge in [-0.2, -0.15) is 0 Å². The van der Waals surface area contributed by atoms with E-state index >= 15 is 0 Å². The van der Waals surface area contributed by atoms with E-state index in [0.29, 0.717) is 43.2 Å². The second-order valence-electron chi connectivity index (χ2n) is 6.08. The van der Waals surface area contributed by atoms with Gasteiger partial charge in [0, 0.05) is 25.7 Å². The number of pyridine rings is 1. The second kappa shape index (κ2) is 8.58. The van der Waals surface area contributed by atoms with Crippen molar-refractivity contribution in [3.05, 3.63) is 54.0 Å². The third-order valence-electron chi connectivity index (χ3n) is 4.28. The first-order valence-corrected chi connectivity index (χ1v) is 8.54. The zero-order valence-corrected chi connectivity index (χ0v) is 14.0. The summed E-state index contributed by atoms with van der Waals surface area (Å²) in [5.41, 5.74) is 1.35. The van der Waals surface area contributed by atoms with Crippen molar-refractivity contribution in [1.29, 1.82) is 0 Å². The van der Waals surface area contributed by atoms with Crippen molar-refractivity contribution in [2.45, 2.75) is 19.3 Å². The molecule has 1 fully saturated rings. The number of anilines is 2. The first kappa shape index (κ1) is 17.4. The van der Waals surface area contributed by atoms with Gasteiger partial charge in [0.1, 0.15) is 11.6 Å². The number of nitrogens with zero attached hydrogens (tertiary/aromatic N) is 1. The molecule has 6 heteroatoms. The molecule has 1 aromatic carbocycles. The van der Waals surface area contributed by atoms with Gasteiger partial charge < -0.3 is 15.4 Å². The molecule has 0 bridgehead atoms. The molecule has 5 nitrogen and oxygen atoms in total. The van der Waals surface area contributed by atoms with Crippen LogP contribution in [0, 0.1) is 11.7 Å². The summed E-state index contributed by atoms with van der Waals surface area (Å²) in [6, 6.07) is 10.4. The van der Waals surface area contributed by atoms with Crippen LogP contribution in [0.25, 0.3) is 0 Å². The highest BCUT2D eigenvalue weighted by atomic mass is 19.1. The van der Waals surface area contributed by atoms with Gasteiger partial charge >= 0.3 is 0 Å². The lowest BCUT2D eigenvalue weighted by Crippen LogP contribution is -2.28. The molecular weight excluding hydrogens is 321 g/mol. The van der Waals surface area contributed by atoms with E-state index in [1.165, 1.54) is 6.07 Å². The lowest BCUT2D eigenvalue weighted by atomic mass is 9.99. The minimum Gasteiger partial charge on any atom is -0.381 e. The van der Waals surface area contributed by atoms with Gasteiger partial charge in [-0.3, -0.25) is 4.79 Å². The van der Waals surface area contributed by atoms with Gasteiger partial charge in [-0.1, -0.05) is 18.2 Å². The number of carbonyl (C=O) groups excluding carboxylic acids is 1. The number of hydrogen-bond acceptors (Lipinski definition) is 4. The van der Waals surface area contributed by atoms with Crippen LogP contribution in [0.3, 0.4) is 0 Å². The Kier molecular flexibility index (Phi) is 5.95. The average Bonchev–Trinajstić information content (AvgIpc) is 2.65. The molecule has 0 aliphatic carbocycles. The number of halogens is 1. The van der Waals surface area contributed by atoms with Gasteiger partial charge in [0.2, 0.25) is 5.91 Å². The van der Waals surface area contributed by atoms with E-state index in [2.05, 4.69) is 15.6 Å². The number of hydrogen-bond donors (Lipinski definition) is 2. The lowest BCUT2D eigenvalue weighted by Gasteiger charge is -2.21. The van der Waals surface area contributed by atoms with E-state index in [1.54, 1.807) is 24.4 Å². The SMILES string of the molecule is O=C(Nc1ccc(NCCc2ccccc2F)nc1)C1CCOCC1. The summed E-state index contributed by atoms with van der Waals surface area (Å²) in [4.78, 5) is 16.5. The molecule has 2 heterocycles. The Bertz CT molecular complexity index is 700. The molecule has 1 amide bonds. The number of benzene rings is 1. The third-order valence-corrected chi connectivity index (χ3v) is 4.28. The van der Waals surface area contributed by atoms with E-state index in [4.69, 9.17) is 4.74 Å². The third kappa shape index (κ3) is 5.00. The first-order valence-electron chi connectivity index (χ1n) is 8.54. The first-order chi connectivity index (χ1) is 12.2. The van der Waals surface area contributed by atoms with Crippen molar-refractivity contribution < 1.29 is 13.9 Å². The van der Waals surface area contributed by atoms with Crippen molar-refractivity contribution in [3.63, 3.8) is 0 Å². The lowest BCUT2D eigenvalue weighted by molar-refractivity contribution is -0.122. The molecule has 0 radical (unpaired) electrons. The van der Waals surface area contributed by atoms with Crippen molar-refractivity contribution >= 4 is 17.4 Å². The zero-order chi connectivity index (χ0) is 17.5. The van der Waals surface area contributed by atoms with E-state index in [0.717, 1.165) is 12.8 Å². The molecule has 1 aromatic heterocycles. The van der Waals surface area contributed by atoms with Crippen LogP contribution in [-0.4, -0.2) is 30.6 Å². The molecule has 3 rings (SSSR count). The Hall–Kier alpha value is -2.47. The molecule has 1 saturated heterocycles. The van der Waals surface area contributed by atoms with Gasteiger partial charge in [-0.15, -0.1) is 0 Å². The Balaban J connectivity index is 1.47. The molecule has 25 heavy (non-hydrogen) atoms. The van der Waals surface area contributed by atoms with Crippen LogP contribution in [0.15, 0.2) is 42.6 Å². The molecule has 0 spiro atoms. The molecule has 132 valence electrons. The van der Waals surface area contributed by atoms with Crippen LogP contribution in [0.2, 0.25) is 0 Å². The van der Waals surface area contributed by atoms with Crippen molar-refractivity contribution in [2.24, 2.45) is 5.92 Å². The number of ether oxygens (including phenoxy) is 1. The maximum atomic E-state index is 13.6. The summed E-state index contributed by atoms with van der Waals surface area (Å²) >= 11 is 0. The topological polar surface area (TPSA) is 63.2 Å². The maximum Gasteiger partial charge on any atom is 0.227 e. The standard InChI is InChI=1S/C19H22FN3O2/c20-17-4-2-1-3-14(17)7-10-21-18-6-5-16(13-22-18)23-19(24)15-8-11-25-12-9-15/h1-6,13,15H,7-12H2,(H,21,22)(H,23,24). The van der Waals surface area contributed by atoms with E-state index in [9.17, 15) is 9.18 Å². The predicted molar refractivity (Wildman–Crippen MR) is 95.0 cm³/mol. The average molecular weight is 343 g/mol. The van der Waals surface area contributed by atoms with Gasteiger partial charge in [0.25, 0.3) is 0 Å². The molecule has 0 saturated carbocycles. The number of amides is 1. The maximum absolute atomic E-state index is 13.6. The Morgan fingerprint density at radius 1 is 1.20 bits per heavy atom. The molecule has 0 atom stereocenters. The van der Waals surface area contributed by atoms with Crippen LogP contribution < -0.4 is 10.6 Å². The minimum atomic E-state index is -0.191. The molecule has 2 N–H and O–H groups in total. The largest absolute Gasteiger partial charge is 0.381 e. The fourth-order valence-corrected chi connectivity index (χ4v) is 2.80. The van der Waals surface area contributed by atoms with Crippen LogP contribution in [0.4, 0.5) is 15.9 Å². The molecule has 2 aromatic rings. The van der Waals surface area contributed by atoms with Gasteiger partial charge in [-0.05, 0) is 43.0 Å². The highest BCUT2D eigenvalue weighted by Crippen LogP contribution is 2.18. The second-order valence-corrected chi connectivity index (χ2v) is 6.08. The van der Waals surface area contributed by atoms with Gasteiger partial charge in [-0.25, -0.2) is 9.37 Å². The monoisotopic (exact) mass is 343 g/mol. The van der Waals surface area contributed by atoms with Crippen LogP contribution >= 0.6 is 0 Å². The zero-order valence-electron chi connectivity index (χ0n) is 14.0. The summed E-state index contributed by atoms with van der Waals surface area (Å²) < 4.78 is 18.8. The summed E-state index contributed by atoms with van der Waals surface area (Å²) in [5.74, 6) is 0.529. The van der Waals surface area contributed by atoms with Crippen LogP contribution in [-0.2, 0) is 16.0 Å². The number of aromatic nitrogens is 1. The van der Waals surface area contributed by atoms with E-state index < -0.39 is 0 Å². The summed E-state index contributed by atoms with van der Waals surface area (Å²) in [6.07, 6.45) is 3.73. The smallest absolute Gasteiger partial charge is 0.227 e. The fourth-order valence-electron chi connectivity index (χ4n) is 2.80. The molecular formula is C19H22FN3O2. The number of nitrogens with one attached hydrogen (secondary N) is 2. The summed E-state index contributed by atoms with van der Waals surface area (Å²) in [7, 11) is 0. The Labute approximate surface area is 146 Å². The van der Waals surface area contributed by atoms with Gasteiger partial charge in [0.05, 0.1) is 11.9 Å². The fraction of sp³-hybridized carbons (Fsp3) is 0.368. The van der Waals surface area contributed by atoms with Crippen LogP contribution in [0.5, 0.6) is 0 Å². The van der Waals surface area contributed by atoms with Gasteiger partial charge in [0.15, 0.2) is 0 Å². The Morgan fingerprint density at radius 3 is 2.72 bits per heavy atom. The highest BCUT2D eigenvalue weighted by Gasteiger charge is 2.21. The van der Waals surface area contributed by atoms with Crippen LogP contribution in [0.1, 0.15) is 18.4 Å². The molecule has 1 aliphatic rings. The summed E-state index contributed by atoms with van der Waals surface area (Å²) in [6.45, 7) is 1.87. The molecule has 1 aliphatic heterocycles. The van der Waals surface area contributed by atoms with Crippen molar-refractivity contribution in [3.8, 4) is 0 Å². The minimum absolute atomic E-state index is 0.00678. The van der Waals surface area contributed by atoms with Crippen molar-refractivity contribution in [1.82, 2.24) is 4.98 Å². The van der Waals surface area contributed by atoms with E-state index in [1.807, 2.05) is 12.1 Å². The molecule has 0 unspecified atom stereocenters. The highest BCUT2D eigenvalue weighted by molar-refractivity contribution is 5.92. The summed E-state index contributed by atoms with van der Waals surface area (Å²) in [5, 5.41) is 6.05. The van der Waals surface area contributed by atoms with E-state index in [-0.39, 0.29) is 17.6 Å². The predicted octanol–water partition coefficient (Wildman–Crippen LogP) is 3.24. The number of carbonyl (C=O) groups is 1. The number of rotatable bonds is 6. The quantitative estimate of drug-likeness (QED) is 0.845.